The van der Waals surface area contributed by atoms with Gasteiger partial charge >= 0.3 is 7.12 Å². The van der Waals surface area contributed by atoms with Crippen LogP contribution in [-0.2, 0) is 25.2 Å². The Bertz CT molecular complexity index is 1320. The molecule has 8 nitrogen and oxygen atoms in total. The topological polar surface area (TPSA) is 97.9 Å². The first-order chi connectivity index (χ1) is 19.4. The number of fused-ring (bicyclic) bond motifs is 3. The van der Waals surface area contributed by atoms with Gasteiger partial charge < -0.3 is 23.8 Å². The van der Waals surface area contributed by atoms with Crippen molar-refractivity contribution < 1.29 is 28.1 Å². The minimum absolute atomic E-state index is 0.0318. The fraction of sp³-hybridized carbons (Fsp3) is 0.719. The lowest BCUT2D eigenvalue weighted by atomic mass is 9.53. The summed E-state index contributed by atoms with van der Waals surface area (Å²) in [5.74, 6) is 0.517. The van der Waals surface area contributed by atoms with Crippen LogP contribution in [0.3, 0.4) is 0 Å². The van der Waals surface area contributed by atoms with Crippen molar-refractivity contribution in [3.8, 4) is 0 Å². The largest absolute Gasteiger partial charge is 0.494 e. The van der Waals surface area contributed by atoms with Gasteiger partial charge in [-0.2, -0.15) is 4.98 Å². The number of anilines is 1. The fourth-order valence-electron chi connectivity index (χ4n) is 7.36. The molecule has 42 heavy (non-hydrogen) atoms. The van der Waals surface area contributed by atoms with Gasteiger partial charge in [0.1, 0.15) is 0 Å². The number of aromatic nitrogens is 2. The van der Waals surface area contributed by atoms with E-state index in [0.717, 1.165) is 49.7 Å². The molecule has 5 aliphatic rings. The molecule has 1 aliphatic heterocycles. The summed E-state index contributed by atoms with van der Waals surface area (Å²) in [4.78, 5) is 20.5. The maximum Gasteiger partial charge on any atom is 0.494 e. The van der Waals surface area contributed by atoms with Gasteiger partial charge in [0.2, 0.25) is 5.91 Å². The minimum atomic E-state index is -1.67. The number of benzene rings is 1. The summed E-state index contributed by atoms with van der Waals surface area (Å²) < 4.78 is 32.4. The number of alkyl halides is 1. The summed E-state index contributed by atoms with van der Waals surface area (Å²) in [6.45, 7) is 13.4. The third kappa shape index (κ3) is 5.11. The molecule has 1 amide bonds. The van der Waals surface area contributed by atoms with Gasteiger partial charge in [-0.15, -0.1) is 0 Å². The average molecular weight is 582 g/mol. The van der Waals surface area contributed by atoms with Crippen molar-refractivity contribution in [2.45, 2.75) is 128 Å². The molecule has 2 heterocycles. The van der Waals surface area contributed by atoms with E-state index in [2.05, 4.69) is 10.1 Å². The molecule has 0 radical (unpaired) electrons. The van der Waals surface area contributed by atoms with Gasteiger partial charge in [0.15, 0.2) is 11.5 Å². The molecule has 10 heteroatoms. The summed E-state index contributed by atoms with van der Waals surface area (Å²) in [6, 6.07) is 7.99. The number of nitrogens with zero attached hydrogens (tertiary/aromatic N) is 3. The van der Waals surface area contributed by atoms with Crippen molar-refractivity contribution in [2.75, 3.05) is 11.4 Å². The second-order valence-corrected chi connectivity index (χ2v) is 15.4. The predicted molar refractivity (Wildman–Crippen MR) is 158 cm³/mol. The minimum Gasteiger partial charge on any atom is -0.399 e. The Kier molecular flexibility index (Phi) is 6.80. The lowest BCUT2D eigenvalue weighted by Crippen LogP contribution is -2.55. The smallest absolute Gasteiger partial charge is 0.399 e. The van der Waals surface area contributed by atoms with Crippen molar-refractivity contribution in [1.29, 1.82) is 0 Å². The number of hydrogen-bond acceptors (Lipinski definition) is 7. The molecule has 4 aliphatic carbocycles. The third-order valence-electron chi connectivity index (χ3n) is 11.0. The van der Waals surface area contributed by atoms with Gasteiger partial charge in [0.05, 0.1) is 16.8 Å². The van der Waals surface area contributed by atoms with Crippen LogP contribution >= 0.6 is 0 Å². The molecule has 1 saturated heterocycles. The van der Waals surface area contributed by atoms with E-state index in [1.807, 2.05) is 56.9 Å². The number of carbonyl (C=O) groups is 1. The highest BCUT2D eigenvalue weighted by Gasteiger charge is 2.54. The highest BCUT2D eigenvalue weighted by Crippen LogP contribution is 2.58. The van der Waals surface area contributed by atoms with E-state index >= 15 is 0 Å². The van der Waals surface area contributed by atoms with Crippen LogP contribution in [0, 0.1) is 11.3 Å². The zero-order valence-electron chi connectivity index (χ0n) is 26.1. The molecule has 2 bridgehead atoms. The Labute approximate surface area is 248 Å². The first kappa shape index (κ1) is 29.8. The number of amides is 1. The number of hydrogen-bond donors (Lipinski definition) is 1. The molecule has 228 valence electrons. The van der Waals surface area contributed by atoms with Crippen LogP contribution in [0.1, 0.15) is 112 Å². The van der Waals surface area contributed by atoms with Gasteiger partial charge in [-0.25, -0.2) is 4.39 Å². The molecule has 0 spiro atoms. The van der Waals surface area contributed by atoms with Gasteiger partial charge in [-0.1, -0.05) is 17.3 Å². The lowest BCUT2D eigenvalue weighted by molar-refractivity contribution is -0.137. The van der Waals surface area contributed by atoms with Crippen molar-refractivity contribution in [3.63, 3.8) is 0 Å². The first-order valence-electron chi connectivity index (χ1n) is 15.5. The standard InChI is InChI=1S/C32H45BFN3O5/c1-27(2,34)26-35-25(36-40-26)32-14-11-31(12-15-32,13-16-32)20-37(24(38)21-18-30(7,39)19-21)23-10-8-9-22(17-23)33-41-28(3,4)29(5,6)42-33/h8-10,17,21,39H,11-16,18-20H2,1-7H3/t21-,30+,31?,32?. The quantitative estimate of drug-likeness (QED) is 0.440. The number of carbonyl (C=O) groups excluding carboxylic acids is 1. The Morgan fingerprint density at radius 2 is 1.64 bits per heavy atom. The zero-order chi connectivity index (χ0) is 30.3. The molecule has 7 rings (SSSR count). The fourth-order valence-corrected chi connectivity index (χ4v) is 7.36. The van der Waals surface area contributed by atoms with Crippen LogP contribution in [0.4, 0.5) is 10.1 Å². The van der Waals surface area contributed by atoms with E-state index in [1.165, 1.54) is 13.8 Å². The van der Waals surface area contributed by atoms with Crippen LogP contribution in [0.15, 0.2) is 28.8 Å². The van der Waals surface area contributed by atoms with Gasteiger partial charge in [-0.3, -0.25) is 4.79 Å². The Morgan fingerprint density at radius 1 is 1.05 bits per heavy atom. The molecular formula is C32H45BFN3O5. The molecule has 1 N–H and O–H groups in total. The van der Waals surface area contributed by atoms with E-state index < -0.39 is 29.6 Å². The van der Waals surface area contributed by atoms with Crippen LogP contribution < -0.4 is 10.4 Å². The molecule has 0 atom stereocenters. The summed E-state index contributed by atoms with van der Waals surface area (Å²) in [6.07, 6.45) is 6.38. The van der Waals surface area contributed by atoms with Crippen molar-refractivity contribution in [2.24, 2.45) is 11.3 Å². The van der Waals surface area contributed by atoms with Gasteiger partial charge in [0.25, 0.3) is 5.89 Å². The van der Waals surface area contributed by atoms with E-state index in [9.17, 15) is 14.3 Å². The van der Waals surface area contributed by atoms with Gasteiger partial charge in [-0.05, 0) is 123 Å². The molecule has 2 aromatic rings. The molecule has 5 fully saturated rings. The van der Waals surface area contributed by atoms with Crippen LogP contribution in [0.5, 0.6) is 0 Å². The third-order valence-corrected chi connectivity index (χ3v) is 11.0. The lowest BCUT2D eigenvalue weighted by Gasteiger charge is -2.54. The van der Waals surface area contributed by atoms with Gasteiger partial charge in [0, 0.05) is 23.6 Å². The predicted octanol–water partition coefficient (Wildman–Crippen LogP) is 5.36. The van der Waals surface area contributed by atoms with E-state index in [1.54, 1.807) is 6.92 Å². The van der Waals surface area contributed by atoms with E-state index in [-0.39, 0.29) is 28.5 Å². The van der Waals surface area contributed by atoms with Crippen LogP contribution in [0.2, 0.25) is 0 Å². The average Bonchev–Trinajstić information content (AvgIpc) is 3.50. The molecule has 1 aromatic heterocycles. The second-order valence-electron chi connectivity index (χ2n) is 15.4. The Balaban J connectivity index is 1.25. The van der Waals surface area contributed by atoms with Crippen LogP contribution in [0.25, 0.3) is 0 Å². The number of aliphatic hydroxyl groups is 1. The van der Waals surface area contributed by atoms with Crippen molar-refractivity contribution in [1.82, 2.24) is 10.1 Å². The number of halogens is 1. The van der Waals surface area contributed by atoms with Crippen LogP contribution in [-0.4, -0.2) is 51.6 Å². The van der Waals surface area contributed by atoms with E-state index in [4.69, 9.17) is 13.8 Å². The maximum absolute atomic E-state index is 14.5. The van der Waals surface area contributed by atoms with Crippen molar-refractivity contribution in [3.05, 3.63) is 36.0 Å². The molecule has 4 saturated carbocycles. The Hall–Kier alpha value is -2.30. The van der Waals surface area contributed by atoms with E-state index in [0.29, 0.717) is 25.2 Å². The summed E-state index contributed by atoms with van der Waals surface area (Å²) in [5.41, 5.74) is -1.90. The second kappa shape index (κ2) is 9.60. The summed E-state index contributed by atoms with van der Waals surface area (Å²) in [7, 11) is -0.520. The molecule has 0 unspecified atom stereocenters. The molecular weight excluding hydrogens is 536 g/mol. The summed E-state index contributed by atoms with van der Waals surface area (Å²) >= 11 is 0. The first-order valence-corrected chi connectivity index (χ1v) is 15.5. The maximum atomic E-state index is 14.5. The normalized spacial score (nSPS) is 33.5. The zero-order valence-corrected chi connectivity index (χ0v) is 26.1. The SMILES string of the molecule is CC(C)(F)c1nc(C23CCC(CN(c4cccc(B5OC(C)(C)C(C)(C)O5)c4)C(=O)[C@H]4C[C@@](C)(O)C4)(CC2)CC3)no1. The highest BCUT2D eigenvalue weighted by molar-refractivity contribution is 6.62. The monoisotopic (exact) mass is 581 g/mol. The summed E-state index contributed by atoms with van der Waals surface area (Å²) in [5, 5.41) is 14.7. The number of rotatable bonds is 7. The highest BCUT2D eigenvalue weighted by atomic mass is 19.1. The Morgan fingerprint density at radius 3 is 2.17 bits per heavy atom. The van der Waals surface area contributed by atoms with Crippen molar-refractivity contribution >= 4 is 24.2 Å². The molecule has 1 aromatic carbocycles.